The first-order valence-corrected chi connectivity index (χ1v) is 9.72. The lowest BCUT2D eigenvalue weighted by molar-refractivity contribution is -0.118. The van der Waals surface area contributed by atoms with Gasteiger partial charge in [-0.05, 0) is 19.4 Å². The SMILES string of the molecule is COCCOc1ccc(CNC(=O)CSC(C)C(=O)Nc2cc(C)on2)cn1. The molecule has 28 heavy (non-hydrogen) atoms. The van der Waals surface area contributed by atoms with Crippen LogP contribution in [0.15, 0.2) is 28.9 Å². The molecule has 2 amide bonds. The number of anilines is 1. The van der Waals surface area contributed by atoms with Gasteiger partial charge in [-0.25, -0.2) is 4.98 Å². The minimum absolute atomic E-state index is 0.164. The number of rotatable bonds is 11. The third kappa shape index (κ3) is 7.57. The number of thioether (sulfide) groups is 1. The second-order valence-corrected chi connectivity index (χ2v) is 7.22. The molecule has 2 N–H and O–H groups in total. The number of aryl methyl sites for hydroxylation is 1. The quantitative estimate of drug-likeness (QED) is 0.541. The zero-order valence-electron chi connectivity index (χ0n) is 16.1. The van der Waals surface area contributed by atoms with Gasteiger partial charge in [0.2, 0.25) is 17.7 Å². The third-order valence-electron chi connectivity index (χ3n) is 3.54. The van der Waals surface area contributed by atoms with E-state index < -0.39 is 5.25 Å². The zero-order chi connectivity index (χ0) is 20.4. The third-order valence-corrected chi connectivity index (χ3v) is 4.68. The lowest BCUT2D eigenvalue weighted by Crippen LogP contribution is -2.28. The summed E-state index contributed by atoms with van der Waals surface area (Å²) in [6, 6.07) is 5.20. The van der Waals surface area contributed by atoms with Gasteiger partial charge >= 0.3 is 0 Å². The van der Waals surface area contributed by atoms with Crippen LogP contribution in [-0.2, 0) is 20.9 Å². The Morgan fingerprint density at radius 3 is 2.79 bits per heavy atom. The molecular weight excluding hydrogens is 384 g/mol. The Morgan fingerprint density at radius 2 is 2.14 bits per heavy atom. The smallest absolute Gasteiger partial charge is 0.238 e. The Labute approximate surface area is 167 Å². The number of pyridine rings is 1. The molecule has 2 aromatic heterocycles. The maximum atomic E-state index is 12.1. The van der Waals surface area contributed by atoms with Gasteiger partial charge in [-0.1, -0.05) is 11.2 Å². The van der Waals surface area contributed by atoms with Gasteiger partial charge in [0.05, 0.1) is 17.6 Å². The number of methoxy groups -OCH3 is 1. The molecule has 0 saturated carbocycles. The highest BCUT2D eigenvalue weighted by atomic mass is 32.2. The molecular formula is C18H24N4O5S. The van der Waals surface area contributed by atoms with Gasteiger partial charge in [0.1, 0.15) is 12.4 Å². The molecule has 0 aliphatic carbocycles. The molecule has 2 heterocycles. The van der Waals surface area contributed by atoms with Gasteiger partial charge in [-0.2, -0.15) is 0 Å². The first kappa shape index (κ1) is 21.7. The van der Waals surface area contributed by atoms with Gasteiger partial charge < -0.3 is 24.6 Å². The Kier molecular flexibility index (Phi) is 8.76. The highest BCUT2D eigenvalue weighted by Gasteiger charge is 2.16. The number of ether oxygens (including phenoxy) is 2. The van der Waals surface area contributed by atoms with Crippen LogP contribution in [0, 0.1) is 6.92 Å². The van der Waals surface area contributed by atoms with Crippen molar-refractivity contribution in [3.05, 3.63) is 35.7 Å². The summed E-state index contributed by atoms with van der Waals surface area (Å²) in [7, 11) is 1.60. The van der Waals surface area contributed by atoms with Crippen LogP contribution >= 0.6 is 11.8 Å². The molecule has 0 aliphatic rings. The molecule has 0 saturated heterocycles. The van der Waals surface area contributed by atoms with Crippen molar-refractivity contribution in [2.24, 2.45) is 0 Å². The predicted octanol–water partition coefficient (Wildman–Crippen LogP) is 1.78. The van der Waals surface area contributed by atoms with E-state index in [0.717, 1.165) is 5.56 Å². The number of hydrogen-bond donors (Lipinski definition) is 2. The highest BCUT2D eigenvalue weighted by molar-refractivity contribution is 8.01. The van der Waals surface area contributed by atoms with E-state index in [9.17, 15) is 9.59 Å². The molecule has 2 aromatic rings. The molecule has 2 rings (SSSR count). The van der Waals surface area contributed by atoms with Gasteiger partial charge in [0.25, 0.3) is 0 Å². The fourth-order valence-corrected chi connectivity index (χ4v) is 2.73. The van der Waals surface area contributed by atoms with E-state index in [0.29, 0.717) is 37.2 Å². The number of carbonyl (C=O) groups excluding carboxylic acids is 2. The summed E-state index contributed by atoms with van der Waals surface area (Å²) in [4.78, 5) is 28.2. The van der Waals surface area contributed by atoms with E-state index in [1.54, 1.807) is 39.3 Å². The van der Waals surface area contributed by atoms with E-state index in [2.05, 4.69) is 20.8 Å². The summed E-state index contributed by atoms with van der Waals surface area (Å²) in [6.07, 6.45) is 1.64. The highest BCUT2D eigenvalue weighted by Crippen LogP contribution is 2.14. The number of hydrogen-bond acceptors (Lipinski definition) is 8. The Balaban J connectivity index is 1.66. The van der Waals surface area contributed by atoms with Crippen molar-refractivity contribution in [2.45, 2.75) is 25.6 Å². The second-order valence-electron chi connectivity index (χ2n) is 5.89. The molecule has 10 heteroatoms. The Hall–Kier alpha value is -2.59. The fraction of sp³-hybridized carbons (Fsp3) is 0.444. The largest absolute Gasteiger partial charge is 0.475 e. The molecule has 0 aromatic carbocycles. The monoisotopic (exact) mass is 408 g/mol. The molecule has 0 radical (unpaired) electrons. The molecule has 0 spiro atoms. The Bertz CT molecular complexity index is 766. The van der Waals surface area contributed by atoms with Crippen LogP contribution < -0.4 is 15.4 Å². The molecule has 1 unspecified atom stereocenters. The normalized spacial score (nSPS) is 11.7. The topological polar surface area (TPSA) is 116 Å². The van der Waals surface area contributed by atoms with Crippen LogP contribution in [0.5, 0.6) is 5.88 Å². The number of amides is 2. The van der Waals surface area contributed by atoms with Crippen LogP contribution in [0.4, 0.5) is 5.82 Å². The lowest BCUT2D eigenvalue weighted by Gasteiger charge is -2.11. The van der Waals surface area contributed by atoms with Crippen molar-refractivity contribution < 1.29 is 23.6 Å². The van der Waals surface area contributed by atoms with Crippen molar-refractivity contribution in [3.63, 3.8) is 0 Å². The summed E-state index contributed by atoms with van der Waals surface area (Å²) in [6.45, 7) is 4.74. The minimum atomic E-state index is -0.409. The maximum Gasteiger partial charge on any atom is 0.238 e. The van der Waals surface area contributed by atoms with Gasteiger partial charge in [0.15, 0.2) is 5.82 Å². The average molecular weight is 408 g/mol. The van der Waals surface area contributed by atoms with Gasteiger partial charge in [-0.15, -0.1) is 11.8 Å². The summed E-state index contributed by atoms with van der Waals surface area (Å²) < 4.78 is 15.2. The van der Waals surface area contributed by atoms with Crippen molar-refractivity contribution in [1.29, 1.82) is 0 Å². The zero-order valence-corrected chi connectivity index (χ0v) is 16.9. The number of carbonyl (C=O) groups is 2. The minimum Gasteiger partial charge on any atom is -0.475 e. The van der Waals surface area contributed by atoms with E-state index >= 15 is 0 Å². The summed E-state index contributed by atoms with van der Waals surface area (Å²) in [5.74, 6) is 1.24. The van der Waals surface area contributed by atoms with E-state index in [1.807, 2.05) is 6.07 Å². The van der Waals surface area contributed by atoms with E-state index in [1.165, 1.54) is 11.8 Å². The van der Waals surface area contributed by atoms with Crippen molar-refractivity contribution in [3.8, 4) is 5.88 Å². The summed E-state index contributed by atoms with van der Waals surface area (Å²) >= 11 is 1.24. The van der Waals surface area contributed by atoms with E-state index in [-0.39, 0.29) is 17.6 Å². The molecule has 152 valence electrons. The predicted molar refractivity (Wildman–Crippen MR) is 105 cm³/mol. The number of nitrogens with one attached hydrogen (secondary N) is 2. The maximum absolute atomic E-state index is 12.1. The van der Waals surface area contributed by atoms with Crippen molar-refractivity contribution >= 4 is 29.4 Å². The first-order chi connectivity index (χ1) is 13.5. The van der Waals surface area contributed by atoms with Crippen LogP contribution in [0.2, 0.25) is 0 Å². The molecule has 0 aliphatic heterocycles. The number of aromatic nitrogens is 2. The molecule has 9 nitrogen and oxygen atoms in total. The molecule has 0 bridgehead atoms. The summed E-state index contributed by atoms with van der Waals surface area (Å²) in [5, 5.41) is 8.74. The lowest BCUT2D eigenvalue weighted by atomic mass is 10.3. The van der Waals surface area contributed by atoms with Crippen LogP contribution in [0.3, 0.4) is 0 Å². The Morgan fingerprint density at radius 1 is 1.32 bits per heavy atom. The van der Waals surface area contributed by atoms with Crippen LogP contribution in [0.25, 0.3) is 0 Å². The van der Waals surface area contributed by atoms with Crippen molar-refractivity contribution in [1.82, 2.24) is 15.5 Å². The first-order valence-electron chi connectivity index (χ1n) is 8.67. The number of nitrogens with zero attached hydrogens (tertiary/aromatic N) is 2. The van der Waals surface area contributed by atoms with E-state index in [4.69, 9.17) is 14.0 Å². The standard InChI is InChI=1S/C18H24N4O5S/c1-12-8-15(22-27-12)21-18(24)13(2)28-11-16(23)19-9-14-4-5-17(20-10-14)26-7-6-25-3/h4-5,8,10,13H,6-7,9,11H2,1-3H3,(H,19,23)(H,21,22,24). The average Bonchev–Trinajstić information content (AvgIpc) is 3.10. The molecule has 1 atom stereocenters. The van der Waals surface area contributed by atoms with Gasteiger partial charge in [-0.3, -0.25) is 9.59 Å². The van der Waals surface area contributed by atoms with Crippen LogP contribution in [0.1, 0.15) is 18.2 Å². The molecule has 0 fully saturated rings. The van der Waals surface area contributed by atoms with Crippen LogP contribution in [-0.4, -0.2) is 53.3 Å². The van der Waals surface area contributed by atoms with Crippen molar-refractivity contribution in [2.75, 3.05) is 31.4 Å². The van der Waals surface area contributed by atoms with Gasteiger partial charge in [0, 0.05) is 32.0 Å². The second kappa shape index (κ2) is 11.3. The summed E-state index contributed by atoms with van der Waals surface area (Å²) in [5.41, 5.74) is 0.852. The fourth-order valence-electron chi connectivity index (χ4n) is 2.01.